The van der Waals surface area contributed by atoms with Crippen molar-refractivity contribution in [2.24, 2.45) is 11.3 Å². The molecule has 1 aromatic rings. The molecule has 2 amide bonds. The number of nitrogens with zero attached hydrogens (tertiary/aromatic N) is 1. The van der Waals surface area contributed by atoms with Crippen molar-refractivity contribution in [2.75, 3.05) is 20.2 Å². The number of ether oxygens (including phenoxy) is 1. The van der Waals surface area contributed by atoms with Crippen molar-refractivity contribution in [3.63, 3.8) is 0 Å². The van der Waals surface area contributed by atoms with Crippen LogP contribution in [0.4, 0.5) is 4.79 Å². The highest BCUT2D eigenvalue weighted by Gasteiger charge is 2.56. The summed E-state index contributed by atoms with van der Waals surface area (Å²) < 4.78 is 5.26. The molecule has 6 heteroatoms. The first kappa shape index (κ1) is 16.2. The molecule has 1 aliphatic heterocycles. The summed E-state index contributed by atoms with van der Waals surface area (Å²) in [5.41, 5.74) is 0.456. The molecule has 1 aromatic carbocycles. The van der Waals surface area contributed by atoms with E-state index in [0.29, 0.717) is 25.4 Å². The fraction of sp³-hybridized carbons (Fsp3) is 0.579. The standard InChI is InChI=1S/C19H24N2O4/c1-25-14-6-2-4-12(8-14)15-9-16(15)20-18(24)21-10-13-5-3-7-19(13,11-21)17(22)23/h2,4,6,8,13,15-16H,3,5,7,9-11H2,1H3,(H,20,24)(H,22,23)/t13-,15-,16+,19+/m0/s1. The summed E-state index contributed by atoms with van der Waals surface area (Å²) in [6.07, 6.45) is 3.46. The van der Waals surface area contributed by atoms with E-state index in [1.165, 1.54) is 5.56 Å². The van der Waals surface area contributed by atoms with Crippen LogP contribution in [0.15, 0.2) is 24.3 Å². The fourth-order valence-corrected chi connectivity index (χ4v) is 4.64. The number of rotatable bonds is 4. The van der Waals surface area contributed by atoms with Crippen LogP contribution >= 0.6 is 0 Å². The summed E-state index contributed by atoms with van der Waals surface area (Å²) in [7, 11) is 1.65. The van der Waals surface area contributed by atoms with Crippen molar-refractivity contribution >= 4 is 12.0 Å². The third kappa shape index (κ3) is 2.73. The Balaban J connectivity index is 1.37. The van der Waals surface area contributed by atoms with Gasteiger partial charge in [-0.05, 0) is 42.9 Å². The molecule has 2 N–H and O–H groups in total. The van der Waals surface area contributed by atoms with Crippen molar-refractivity contribution in [3.8, 4) is 5.75 Å². The minimum atomic E-state index is -0.744. The number of hydrogen-bond donors (Lipinski definition) is 2. The van der Waals surface area contributed by atoms with Crippen LogP contribution in [0, 0.1) is 11.3 Å². The molecule has 134 valence electrons. The van der Waals surface area contributed by atoms with Gasteiger partial charge in [0.25, 0.3) is 0 Å². The second-order valence-electron chi connectivity index (χ2n) is 7.61. The van der Waals surface area contributed by atoms with Gasteiger partial charge in [0.15, 0.2) is 0 Å². The predicted octanol–water partition coefficient (Wildman–Crippen LogP) is 2.45. The molecular weight excluding hydrogens is 320 g/mol. The normalized spacial score (nSPS) is 33.0. The molecule has 0 radical (unpaired) electrons. The maximum absolute atomic E-state index is 12.6. The summed E-state index contributed by atoms with van der Waals surface area (Å²) in [4.78, 5) is 26.0. The fourth-order valence-electron chi connectivity index (χ4n) is 4.64. The van der Waals surface area contributed by atoms with Crippen LogP contribution in [0.25, 0.3) is 0 Å². The van der Waals surface area contributed by atoms with E-state index in [-0.39, 0.29) is 18.0 Å². The number of aliphatic carboxylic acids is 1. The smallest absolute Gasteiger partial charge is 0.317 e. The molecule has 1 heterocycles. The highest BCUT2D eigenvalue weighted by Crippen LogP contribution is 2.49. The topological polar surface area (TPSA) is 78.9 Å². The number of carboxylic acid groups (broad SMARTS) is 1. The number of likely N-dealkylation sites (tertiary alicyclic amines) is 1. The van der Waals surface area contributed by atoms with Crippen molar-refractivity contribution in [3.05, 3.63) is 29.8 Å². The quantitative estimate of drug-likeness (QED) is 0.879. The molecule has 2 saturated carbocycles. The largest absolute Gasteiger partial charge is 0.497 e. The van der Waals surface area contributed by atoms with Crippen molar-refractivity contribution < 1.29 is 19.4 Å². The van der Waals surface area contributed by atoms with Gasteiger partial charge in [0.05, 0.1) is 12.5 Å². The monoisotopic (exact) mass is 344 g/mol. The van der Waals surface area contributed by atoms with Crippen LogP contribution in [-0.4, -0.2) is 48.2 Å². The van der Waals surface area contributed by atoms with Gasteiger partial charge < -0.3 is 20.1 Å². The molecule has 6 nitrogen and oxygen atoms in total. The molecule has 25 heavy (non-hydrogen) atoms. The summed E-state index contributed by atoms with van der Waals surface area (Å²) in [5, 5.41) is 12.7. The number of urea groups is 1. The van der Waals surface area contributed by atoms with Gasteiger partial charge in [0.1, 0.15) is 5.75 Å². The third-order valence-electron chi connectivity index (χ3n) is 6.21. The van der Waals surface area contributed by atoms with Crippen LogP contribution in [0.1, 0.15) is 37.2 Å². The van der Waals surface area contributed by atoms with Gasteiger partial charge in [-0.3, -0.25) is 4.79 Å². The van der Waals surface area contributed by atoms with E-state index >= 15 is 0 Å². The van der Waals surface area contributed by atoms with Crippen molar-refractivity contribution in [2.45, 2.75) is 37.6 Å². The summed E-state index contributed by atoms with van der Waals surface area (Å²) in [5.74, 6) is 0.495. The Labute approximate surface area is 147 Å². The Hall–Kier alpha value is -2.24. The van der Waals surface area contributed by atoms with Crippen LogP contribution in [0.3, 0.4) is 0 Å². The third-order valence-corrected chi connectivity index (χ3v) is 6.21. The Morgan fingerprint density at radius 1 is 1.40 bits per heavy atom. The highest BCUT2D eigenvalue weighted by atomic mass is 16.5. The lowest BCUT2D eigenvalue weighted by atomic mass is 9.81. The zero-order valence-electron chi connectivity index (χ0n) is 14.4. The first-order valence-electron chi connectivity index (χ1n) is 8.96. The second kappa shape index (κ2) is 5.93. The molecule has 0 unspecified atom stereocenters. The molecule has 0 bridgehead atoms. The maximum Gasteiger partial charge on any atom is 0.317 e. The SMILES string of the molecule is COc1cccc([C@@H]2C[C@H]2NC(=O)N2C[C@@H]3CCC[C@@]3(C(=O)O)C2)c1. The van der Waals surface area contributed by atoms with E-state index in [2.05, 4.69) is 11.4 Å². The number of carboxylic acids is 1. The summed E-state index contributed by atoms with van der Waals surface area (Å²) in [6, 6.07) is 7.94. The molecule has 0 aromatic heterocycles. The van der Waals surface area contributed by atoms with Gasteiger partial charge in [-0.2, -0.15) is 0 Å². The second-order valence-corrected chi connectivity index (χ2v) is 7.61. The number of fused-ring (bicyclic) bond motifs is 1. The Morgan fingerprint density at radius 2 is 2.24 bits per heavy atom. The minimum absolute atomic E-state index is 0.101. The maximum atomic E-state index is 12.6. The molecule has 3 fully saturated rings. The molecule has 4 rings (SSSR count). The average Bonchev–Trinajstić information content (AvgIpc) is 3.07. The average molecular weight is 344 g/mol. The first-order valence-corrected chi connectivity index (χ1v) is 8.96. The Bertz CT molecular complexity index is 706. The van der Waals surface area contributed by atoms with Gasteiger partial charge in [-0.25, -0.2) is 4.79 Å². The van der Waals surface area contributed by atoms with Crippen LogP contribution in [0.5, 0.6) is 5.75 Å². The molecule has 3 aliphatic rings. The van der Waals surface area contributed by atoms with E-state index < -0.39 is 11.4 Å². The van der Waals surface area contributed by atoms with Gasteiger partial charge in [-0.15, -0.1) is 0 Å². The molecule has 4 atom stereocenters. The lowest BCUT2D eigenvalue weighted by Crippen LogP contribution is -2.42. The van der Waals surface area contributed by atoms with E-state index in [1.54, 1.807) is 12.0 Å². The van der Waals surface area contributed by atoms with Crippen LogP contribution < -0.4 is 10.1 Å². The number of hydrogen-bond acceptors (Lipinski definition) is 3. The van der Waals surface area contributed by atoms with Gasteiger partial charge in [-0.1, -0.05) is 18.6 Å². The number of carbonyl (C=O) groups excluding carboxylic acids is 1. The first-order chi connectivity index (χ1) is 12.0. The number of carbonyl (C=O) groups is 2. The van der Waals surface area contributed by atoms with E-state index in [0.717, 1.165) is 25.0 Å². The number of nitrogens with one attached hydrogen (secondary N) is 1. The zero-order chi connectivity index (χ0) is 17.6. The van der Waals surface area contributed by atoms with Crippen molar-refractivity contribution in [1.29, 1.82) is 0 Å². The van der Waals surface area contributed by atoms with Crippen LogP contribution in [-0.2, 0) is 4.79 Å². The number of amides is 2. The van der Waals surface area contributed by atoms with Crippen LogP contribution in [0.2, 0.25) is 0 Å². The lowest BCUT2D eigenvalue weighted by Gasteiger charge is -2.23. The number of methoxy groups -OCH3 is 1. The van der Waals surface area contributed by atoms with E-state index in [4.69, 9.17) is 4.74 Å². The van der Waals surface area contributed by atoms with Crippen molar-refractivity contribution in [1.82, 2.24) is 10.2 Å². The summed E-state index contributed by atoms with van der Waals surface area (Å²) >= 11 is 0. The van der Waals surface area contributed by atoms with Gasteiger partial charge >= 0.3 is 12.0 Å². The van der Waals surface area contributed by atoms with E-state index in [1.807, 2.05) is 18.2 Å². The zero-order valence-corrected chi connectivity index (χ0v) is 14.4. The molecule has 1 saturated heterocycles. The van der Waals surface area contributed by atoms with Gasteiger partial charge in [0, 0.05) is 25.0 Å². The van der Waals surface area contributed by atoms with E-state index in [9.17, 15) is 14.7 Å². The molecule has 0 spiro atoms. The summed E-state index contributed by atoms with van der Waals surface area (Å²) in [6.45, 7) is 0.907. The number of benzene rings is 1. The van der Waals surface area contributed by atoms with Gasteiger partial charge in [0.2, 0.25) is 0 Å². The predicted molar refractivity (Wildman–Crippen MR) is 91.7 cm³/mol. The Kier molecular flexibility index (Phi) is 3.85. The molecule has 2 aliphatic carbocycles. The Morgan fingerprint density at radius 3 is 2.96 bits per heavy atom. The minimum Gasteiger partial charge on any atom is -0.497 e. The molecular formula is C19H24N2O4. The lowest BCUT2D eigenvalue weighted by molar-refractivity contribution is -0.149. The highest BCUT2D eigenvalue weighted by molar-refractivity contribution is 5.81.